The van der Waals surface area contributed by atoms with E-state index in [9.17, 15) is 13.6 Å². The van der Waals surface area contributed by atoms with Crippen molar-refractivity contribution in [3.63, 3.8) is 0 Å². The van der Waals surface area contributed by atoms with E-state index < -0.39 is 17.9 Å². The van der Waals surface area contributed by atoms with Gasteiger partial charge in [0.15, 0.2) is 0 Å². The molecule has 2 amide bonds. The zero-order chi connectivity index (χ0) is 14.9. The minimum Gasteiger partial charge on any atom is -0.338 e. The number of hydrogen-bond acceptors (Lipinski definition) is 1. The molecule has 110 valence electrons. The van der Waals surface area contributed by atoms with Crippen molar-refractivity contribution in [1.29, 1.82) is 0 Å². The number of nitrogens with one attached hydrogen (secondary N) is 2. The van der Waals surface area contributed by atoms with Crippen LogP contribution >= 0.6 is 39.1 Å². The molecule has 0 radical (unpaired) electrons. The van der Waals surface area contributed by atoms with Gasteiger partial charge in [-0.25, -0.2) is 13.6 Å². The van der Waals surface area contributed by atoms with Crippen molar-refractivity contribution >= 4 is 50.9 Å². The highest BCUT2D eigenvalue weighted by Crippen LogP contribution is 2.50. The number of urea groups is 1. The molecule has 1 aliphatic rings. The van der Waals surface area contributed by atoms with Gasteiger partial charge in [-0.1, -0.05) is 23.2 Å². The van der Waals surface area contributed by atoms with E-state index in [1.165, 1.54) is 0 Å². The molecule has 1 atom stereocenters. The highest BCUT2D eigenvalue weighted by Gasteiger charge is 2.55. The summed E-state index contributed by atoms with van der Waals surface area (Å²) in [5.41, 5.74) is 0.356. The molecule has 2 N–H and O–H groups in total. The molecule has 0 spiro atoms. The minimum atomic E-state index is -2.55. The normalized spacial score (nSPS) is 19.6. The van der Waals surface area contributed by atoms with E-state index in [-0.39, 0.29) is 24.4 Å². The van der Waals surface area contributed by atoms with E-state index in [0.29, 0.717) is 15.2 Å². The Balaban J connectivity index is 1.81. The number of anilines is 1. The summed E-state index contributed by atoms with van der Waals surface area (Å²) < 4.78 is 25.9. The number of carbonyl (C=O) groups is 1. The first kappa shape index (κ1) is 15.8. The van der Waals surface area contributed by atoms with Gasteiger partial charge in [0, 0.05) is 23.4 Å². The zero-order valence-electron chi connectivity index (χ0n) is 10.2. The number of alkyl halides is 2. The third kappa shape index (κ3) is 3.74. The molecule has 1 saturated carbocycles. The standard InChI is InChI=1S/C12H11BrCl2F2N2O/c13-7-1-2-8(10(15)9(7)14)19-11(20)18-4-3-6-5-12(6,16)17/h1-2,6H,3-5H2,(H2,18,19,20). The molecule has 0 saturated heterocycles. The average Bonchev–Trinajstić information content (AvgIpc) is 2.98. The van der Waals surface area contributed by atoms with Crippen LogP contribution in [-0.2, 0) is 0 Å². The van der Waals surface area contributed by atoms with Crippen LogP contribution in [0.4, 0.5) is 19.3 Å². The van der Waals surface area contributed by atoms with Crippen molar-refractivity contribution in [3.05, 3.63) is 26.7 Å². The molecule has 8 heteroatoms. The van der Waals surface area contributed by atoms with Crippen LogP contribution in [0.15, 0.2) is 16.6 Å². The third-order valence-electron chi connectivity index (χ3n) is 3.02. The van der Waals surface area contributed by atoms with Crippen molar-refractivity contribution in [3.8, 4) is 0 Å². The molecule has 0 heterocycles. The predicted molar refractivity (Wildman–Crippen MR) is 78.9 cm³/mol. The van der Waals surface area contributed by atoms with Gasteiger partial charge in [-0.05, 0) is 34.5 Å². The number of benzene rings is 1. The maximum Gasteiger partial charge on any atom is 0.319 e. The van der Waals surface area contributed by atoms with E-state index in [4.69, 9.17) is 23.2 Å². The van der Waals surface area contributed by atoms with Gasteiger partial charge in [-0.2, -0.15) is 0 Å². The van der Waals surface area contributed by atoms with Crippen LogP contribution in [0.25, 0.3) is 0 Å². The lowest BCUT2D eigenvalue weighted by molar-refractivity contribution is 0.0971. The third-order valence-corrected chi connectivity index (χ3v) is 4.79. The monoisotopic (exact) mass is 386 g/mol. The van der Waals surface area contributed by atoms with Gasteiger partial charge < -0.3 is 10.6 Å². The maximum absolute atomic E-state index is 12.6. The molecular weight excluding hydrogens is 377 g/mol. The molecule has 0 bridgehead atoms. The summed E-state index contributed by atoms with van der Waals surface area (Å²) in [4.78, 5) is 11.6. The molecule has 0 aliphatic heterocycles. The fourth-order valence-corrected chi connectivity index (χ4v) is 2.55. The summed E-state index contributed by atoms with van der Waals surface area (Å²) in [6.07, 6.45) is 0.166. The van der Waals surface area contributed by atoms with Crippen molar-refractivity contribution in [2.24, 2.45) is 5.92 Å². The second-order valence-electron chi connectivity index (χ2n) is 4.55. The summed E-state index contributed by atoms with van der Waals surface area (Å²) in [5, 5.41) is 5.53. The van der Waals surface area contributed by atoms with Gasteiger partial charge in [0.25, 0.3) is 5.92 Å². The first-order valence-corrected chi connectivity index (χ1v) is 7.42. The van der Waals surface area contributed by atoms with Crippen LogP contribution in [0.3, 0.4) is 0 Å². The Morgan fingerprint density at radius 2 is 2.05 bits per heavy atom. The smallest absolute Gasteiger partial charge is 0.319 e. The van der Waals surface area contributed by atoms with Crippen LogP contribution in [0.1, 0.15) is 12.8 Å². The maximum atomic E-state index is 12.6. The van der Waals surface area contributed by atoms with Crippen molar-refractivity contribution in [2.75, 3.05) is 11.9 Å². The van der Waals surface area contributed by atoms with Gasteiger partial charge in [-0.3, -0.25) is 0 Å². The van der Waals surface area contributed by atoms with Gasteiger partial charge in [0.1, 0.15) is 0 Å². The summed E-state index contributed by atoms with van der Waals surface area (Å²) in [7, 11) is 0. The molecule has 1 aliphatic carbocycles. The fourth-order valence-electron chi connectivity index (χ4n) is 1.73. The molecule has 1 aromatic carbocycles. The van der Waals surface area contributed by atoms with E-state index in [0.717, 1.165) is 0 Å². The lowest BCUT2D eigenvalue weighted by Crippen LogP contribution is -2.30. The predicted octanol–water partition coefficient (Wildman–Crippen LogP) is 4.92. The summed E-state index contributed by atoms with van der Waals surface area (Å²) in [6.45, 7) is 0.188. The Morgan fingerprint density at radius 3 is 2.65 bits per heavy atom. The molecule has 0 aromatic heterocycles. The Kier molecular flexibility index (Phi) is 4.76. The van der Waals surface area contributed by atoms with Crippen LogP contribution < -0.4 is 10.6 Å². The van der Waals surface area contributed by atoms with Crippen molar-refractivity contribution in [1.82, 2.24) is 5.32 Å². The van der Waals surface area contributed by atoms with E-state index in [1.807, 2.05) is 0 Å². The van der Waals surface area contributed by atoms with Crippen molar-refractivity contribution < 1.29 is 13.6 Å². The highest BCUT2D eigenvalue weighted by molar-refractivity contribution is 9.10. The second kappa shape index (κ2) is 6.03. The van der Waals surface area contributed by atoms with Gasteiger partial charge in [0.05, 0.1) is 15.7 Å². The minimum absolute atomic E-state index is 0.0928. The van der Waals surface area contributed by atoms with Crippen molar-refractivity contribution in [2.45, 2.75) is 18.8 Å². The molecule has 1 fully saturated rings. The van der Waals surface area contributed by atoms with E-state index >= 15 is 0 Å². The summed E-state index contributed by atoms with van der Waals surface area (Å²) >= 11 is 15.1. The quantitative estimate of drug-likeness (QED) is 0.707. The summed E-state index contributed by atoms with van der Waals surface area (Å²) in [6, 6.07) is 2.73. The van der Waals surface area contributed by atoms with Gasteiger partial charge in [0.2, 0.25) is 0 Å². The Morgan fingerprint density at radius 1 is 1.40 bits per heavy atom. The molecule has 3 nitrogen and oxygen atoms in total. The fraction of sp³-hybridized carbons (Fsp3) is 0.417. The largest absolute Gasteiger partial charge is 0.338 e. The van der Waals surface area contributed by atoms with Crippen LogP contribution in [0.5, 0.6) is 0 Å². The molecular formula is C12H11BrCl2F2N2O. The van der Waals surface area contributed by atoms with Crippen LogP contribution in [-0.4, -0.2) is 18.5 Å². The number of hydrogen-bond donors (Lipinski definition) is 2. The highest BCUT2D eigenvalue weighted by atomic mass is 79.9. The lowest BCUT2D eigenvalue weighted by atomic mass is 10.3. The molecule has 2 rings (SSSR count). The Hall–Kier alpha value is -0.590. The number of halogens is 5. The Bertz CT molecular complexity index is 542. The molecule has 20 heavy (non-hydrogen) atoms. The molecule has 1 unspecified atom stereocenters. The lowest BCUT2D eigenvalue weighted by Gasteiger charge is -2.10. The number of amides is 2. The second-order valence-corrected chi connectivity index (χ2v) is 6.16. The number of rotatable bonds is 4. The SMILES string of the molecule is O=C(NCCC1CC1(F)F)Nc1ccc(Br)c(Cl)c1Cl. The average molecular weight is 388 g/mol. The topological polar surface area (TPSA) is 41.1 Å². The summed E-state index contributed by atoms with van der Waals surface area (Å²) in [5.74, 6) is -3.17. The van der Waals surface area contributed by atoms with Crippen LogP contribution in [0.2, 0.25) is 10.0 Å². The first-order chi connectivity index (χ1) is 9.31. The number of carbonyl (C=O) groups excluding carboxylic acids is 1. The first-order valence-electron chi connectivity index (χ1n) is 5.87. The van der Waals surface area contributed by atoms with E-state index in [1.54, 1.807) is 12.1 Å². The van der Waals surface area contributed by atoms with Crippen LogP contribution in [0, 0.1) is 5.92 Å². The Labute approximate surface area is 133 Å². The van der Waals surface area contributed by atoms with Gasteiger partial charge in [-0.15, -0.1) is 0 Å². The zero-order valence-corrected chi connectivity index (χ0v) is 13.2. The van der Waals surface area contributed by atoms with E-state index in [2.05, 4.69) is 26.6 Å². The van der Waals surface area contributed by atoms with Gasteiger partial charge >= 0.3 is 6.03 Å². The molecule has 1 aromatic rings.